The van der Waals surface area contributed by atoms with Gasteiger partial charge in [-0.3, -0.25) is 4.99 Å². The number of aliphatic imine (C=N–C) groups is 1. The van der Waals surface area contributed by atoms with Crippen molar-refractivity contribution in [3.8, 4) is 11.5 Å². The van der Waals surface area contributed by atoms with Crippen molar-refractivity contribution in [2.24, 2.45) is 4.99 Å². The number of hydrogen-bond acceptors (Lipinski definition) is 3. The highest BCUT2D eigenvalue weighted by atomic mass is 127. The largest absolute Gasteiger partial charge is 0.493 e. The van der Waals surface area contributed by atoms with Gasteiger partial charge in [0.15, 0.2) is 17.5 Å². The number of benzene rings is 2. The van der Waals surface area contributed by atoms with Gasteiger partial charge >= 0.3 is 0 Å². The van der Waals surface area contributed by atoms with E-state index >= 15 is 0 Å². The molecule has 0 amide bonds. The second kappa shape index (κ2) is 9.82. The van der Waals surface area contributed by atoms with E-state index in [9.17, 15) is 0 Å². The zero-order valence-corrected chi connectivity index (χ0v) is 18.4. The van der Waals surface area contributed by atoms with Crippen molar-refractivity contribution in [3.63, 3.8) is 0 Å². The quantitative estimate of drug-likeness (QED) is 0.349. The summed E-state index contributed by atoms with van der Waals surface area (Å²) in [4.78, 5) is 4.35. The van der Waals surface area contributed by atoms with E-state index in [1.807, 2.05) is 25.1 Å². The molecule has 0 radical (unpaired) electrons. The second-order valence-corrected chi connectivity index (χ2v) is 6.50. The first-order valence-corrected chi connectivity index (χ1v) is 9.05. The van der Waals surface area contributed by atoms with Crippen molar-refractivity contribution < 1.29 is 9.47 Å². The molecule has 1 aliphatic carbocycles. The van der Waals surface area contributed by atoms with E-state index in [1.165, 1.54) is 18.4 Å². The fraction of sp³-hybridized carbons (Fsp3) is 0.381. The molecule has 1 saturated carbocycles. The Kier molecular flexibility index (Phi) is 7.77. The molecule has 3 rings (SSSR count). The minimum Gasteiger partial charge on any atom is -0.493 e. The van der Waals surface area contributed by atoms with Gasteiger partial charge in [-0.1, -0.05) is 30.3 Å². The fourth-order valence-corrected chi connectivity index (χ4v) is 3.10. The van der Waals surface area contributed by atoms with Gasteiger partial charge < -0.3 is 20.1 Å². The first-order chi connectivity index (χ1) is 12.7. The summed E-state index contributed by atoms with van der Waals surface area (Å²) in [5, 5.41) is 6.80. The van der Waals surface area contributed by atoms with Crippen LogP contribution in [0, 0.1) is 0 Å². The highest BCUT2D eigenvalue weighted by molar-refractivity contribution is 14.0. The van der Waals surface area contributed by atoms with Crippen molar-refractivity contribution in [3.05, 3.63) is 54.1 Å². The lowest BCUT2D eigenvalue weighted by atomic mass is 9.96. The van der Waals surface area contributed by atoms with Gasteiger partial charge in [-0.05, 0) is 37.5 Å². The summed E-state index contributed by atoms with van der Waals surface area (Å²) in [5.74, 6) is 2.19. The number of hydrogen-bond donors (Lipinski definition) is 2. The van der Waals surface area contributed by atoms with Gasteiger partial charge in [-0.2, -0.15) is 0 Å². The van der Waals surface area contributed by atoms with Crippen molar-refractivity contribution in [2.45, 2.75) is 25.2 Å². The van der Waals surface area contributed by atoms with Crippen LogP contribution in [0.3, 0.4) is 0 Å². The molecule has 0 aliphatic heterocycles. The number of guanidine groups is 1. The zero-order chi connectivity index (χ0) is 18.4. The van der Waals surface area contributed by atoms with E-state index in [0.717, 1.165) is 29.7 Å². The fourth-order valence-electron chi connectivity index (χ4n) is 3.10. The lowest BCUT2D eigenvalue weighted by Crippen LogP contribution is -2.36. The SMILES string of the molecule is CCOc1cc(NC(=NC)NCC2(c3ccccc3)CC2)ccc1OC.I. The third-order valence-electron chi connectivity index (χ3n) is 4.78. The molecule has 0 spiro atoms. The number of methoxy groups -OCH3 is 1. The summed E-state index contributed by atoms with van der Waals surface area (Å²) in [6, 6.07) is 16.5. The van der Waals surface area contributed by atoms with E-state index < -0.39 is 0 Å². The third kappa shape index (κ3) is 5.28. The Hall–Kier alpha value is -1.96. The maximum Gasteiger partial charge on any atom is 0.195 e. The van der Waals surface area contributed by atoms with E-state index in [0.29, 0.717) is 6.61 Å². The zero-order valence-electron chi connectivity index (χ0n) is 16.1. The molecule has 2 aromatic carbocycles. The van der Waals surface area contributed by atoms with Crippen LogP contribution in [0.5, 0.6) is 11.5 Å². The first kappa shape index (κ1) is 21.3. The van der Waals surface area contributed by atoms with Crippen LogP contribution in [-0.4, -0.2) is 33.3 Å². The predicted octanol–water partition coefficient (Wildman–Crippen LogP) is 4.43. The van der Waals surface area contributed by atoms with Crippen LogP contribution < -0.4 is 20.1 Å². The molecule has 0 saturated heterocycles. The molecule has 0 aromatic heterocycles. The van der Waals surface area contributed by atoms with E-state index in [2.05, 4.69) is 46.0 Å². The molecule has 2 aromatic rings. The predicted molar refractivity (Wildman–Crippen MR) is 122 cm³/mol. The summed E-state index contributed by atoms with van der Waals surface area (Å²) >= 11 is 0. The highest BCUT2D eigenvalue weighted by Crippen LogP contribution is 2.47. The maximum atomic E-state index is 5.64. The van der Waals surface area contributed by atoms with Gasteiger partial charge in [0.25, 0.3) is 0 Å². The van der Waals surface area contributed by atoms with Crippen LogP contribution in [0.2, 0.25) is 0 Å². The Morgan fingerprint density at radius 1 is 1.11 bits per heavy atom. The topological polar surface area (TPSA) is 54.9 Å². The molecule has 146 valence electrons. The van der Waals surface area contributed by atoms with Crippen molar-refractivity contribution in [1.29, 1.82) is 0 Å². The van der Waals surface area contributed by atoms with Crippen LogP contribution in [-0.2, 0) is 5.41 Å². The molecule has 0 unspecified atom stereocenters. The average molecular weight is 481 g/mol. The highest BCUT2D eigenvalue weighted by Gasteiger charge is 2.44. The van der Waals surface area contributed by atoms with Gasteiger partial charge in [0.1, 0.15) is 0 Å². The summed E-state index contributed by atoms with van der Waals surface area (Å²) < 4.78 is 11.0. The molecule has 1 fully saturated rings. The van der Waals surface area contributed by atoms with Gasteiger partial charge in [-0.15, -0.1) is 24.0 Å². The Labute approximate surface area is 178 Å². The molecule has 0 heterocycles. The third-order valence-corrected chi connectivity index (χ3v) is 4.78. The van der Waals surface area contributed by atoms with E-state index in [1.54, 1.807) is 14.2 Å². The minimum absolute atomic E-state index is 0. The number of halogens is 1. The van der Waals surface area contributed by atoms with E-state index in [-0.39, 0.29) is 29.4 Å². The summed E-state index contributed by atoms with van der Waals surface area (Å²) in [6.45, 7) is 3.41. The van der Waals surface area contributed by atoms with Crippen molar-refractivity contribution >= 4 is 35.6 Å². The Morgan fingerprint density at radius 3 is 2.44 bits per heavy atom. The van der Waals surface area contributed by atoms with Crippen LogP contribution in [0.1, 0.15) is 25.3 Å². The minimum atomic E-state index is 0. The van der Waals surface area contributed by atoms with Gasteiger partial charge in [0.05, 0.1) is 13.7 Å². The smallest absolute Gasteiger partial charge is 0.195 e. The van der Waals surface area contributed by atoms with Gasteiger partial charge in [0, 0.05) is 30.8 Å². The normalized spacial score (nSPS) is 14.7. The number of ether oxygens (including phenoxy) is 2. The molecular formula is C21H28IN3O2. The maximum absolute atomic E-state index is 5.64. The van der Waals surface area contributed by atoms with Crippen LogP contribution in [0.15, 0.2) is 53.5 Å². The monoisotopic (exact) mass is 481 g/mol. The van der Waals surface area contributed by atoms with Gasteiger partial charge in [0.2, 0.25) is 0 Å². The lowest BCUT2D eigenvalue weighted by Gasteiger charge is -2.19. The molecule has 5 nitrogen and oxygen atoms in total. The Morgan fingerprint density at radius 2 is 1.85 bits per heavy atom. The molecule has 1 aliphatic rings. The number of rotatable bonds is 7. The average Bonchev–Trinajstić information content (AvgIpc) is 3.47. The van der Waals surface area contributed by atoms with Crippen molar-refractivity contribution in [1.82, 2.24) is 5.32 Å². The van der Waals surface area contributed by atoms with Crippen LogP contribution in [0.25, 0.3) is 0 Å². The number of nitrogens with one attached hydrogen (secondary N) is 2. The lowest BCUT2D eigenvalue weighted by molar-refractivity contribution is 0.311. The Balaban J connectivity index is 0.00000261. The Bertz CT molecular complexity index is 761. The van der Waals surface area contributed by atoms with E-state index in [4.69, 9.17) is 9.47 Å². The first-order valence-electron chi connectivity index (χ1n) is 9.05. The molecule has 27 heavy (non-hydrogen) atoms. The van der Waals surface area contributed by atoms with Crippen LogP contribution in [0.4, 0.5) is 5.69 Å². The van der Waals surface area contributed by atoms with Crippen molar-refractivity contribution in [2.75, 3.05) is 32.6 Å². The summed E-state index contributed by atoms with van der Waals surface area (Å²) in [7, 11) is 3.43. The van der Waals surface area contributed by atoms with Gasteiger partial charge in [-0.25, -0.2) is 0 Å². The number of nitrogens with zero attached hydrogens (tertiary/aromatic N) is 1. The molecule has 2 N–H and O–H groups in total. The van der Waals surface area contributed by atoms with Crippen LogP contribution >= 0.6 is 24.0 Å². The summed E-state index contributed by atoms with van der Waals surface area (Å²) in [6.07, 6.45) is 2.41. The molecule has 0 bridgehead atoms. The molecule has 6 heteroatoms. The molecular weight excluding hydrogens is 453 g/mol. The standard InChI is InChI=1S/C21H27N3O2.HI/c1-4-26-19-14-17(10-11-18(19)25-3)24-20(22-2)23-15-21(12-13-21)16-8-6-5-7-9-16;/h5-11,14H,4,12-13,15H2,1-3H3,(H2,22,23,24);1H. The number of anilines is 1. The summed E-state index contributed by atoms with van der Waals surface area (Å²) in [5.41, 5.74) is 2.54. The second-order valence-electron chi connectivity index (χ2n) is 6.50. The molecule has 0 atom stereocenters.